The zero-order chi connectivity index (χ0) is 22.9. The molecule has 0 spiro atoms. The zero-order valence-electron chi connectivity index (χ0n) is 18.4. The minimum atomic E-state index is -0.528. The van der Waals surface area contributed by atoms with Gasteiger partial charge in [0.1, 0.15) is 6.04 Å². The largest absolute Gasteiger partial charge is 0.352 e. The summed E-state index contributed by atoms with van der Waals surface area (Å²) in [6.45, 7) is 2.24. The quantitative estimate of drug-likeness (QED) is 0.414. The number of carbonyl (C=O) groups excluding carboxylic acids is 2. The van der Waals surface area contributed by atoms with Crippen molar-refractivity contribution in [2.45, 2.75) is 63.4 Å². The van der Waals surface area contributed by atoms with Gasteiger partial charge in [-0.05, 0) is 55.2 Å². The number of hydrogen-bond acceptors (Lipinski definition) is 3. The third-order valence-electron chi connectivity index (χ3n) is 5.77. The molecule has 3 rings (SSSR count). The number of benzene rings is 2. The Bertz CT molecular complexity index is 903. The number of amides is 2. The molecule has 0 unspecified atom stereocenters. The van der Waals surface area contributed by atoms with E-state index in [2.05, 4.69) is 21.2 Å². The summed E-state index contributed by atoms with van der Waals surface area (Å²) in [5, 5.41) is 3.87. The van der Waals surface area contributed by atoms with Crippen LogP contribution in [0.5, 0.6) is 0 Å². The van der Waals surface area contributed by atoms with E-state index in [4.69, 9.17) is 11.6 Å². The Morgan fingerprint density at radius 2 is 1.84 bits per heavy atom. The highest BCUT2D eigenvalue weighted by Gasteiger charge is 2.28. The highest BCUT2D eigenvalue weighted by atomic mass is 79.9. The van der Waals surface area contributed by atoms with Crippen molar-refractivity contribution in [2.75, 3.05) is 5.75 Å². The van der Waals surface area contributed by atoms with E-state index in [1.54, 1.807) is 16.7 Å². The SMILES string of the molecule is C[C@H](C(=O)NC1CCCCC1)N(Cc1ccc(Br)cc1)C(=O)CSCc1cccc(Cl)c1. The standard InChI is InChI=1S/C25H30BrClN2O2S/c1-18(25(31)28-23-8-3-2-4-9-23)29(15-19-10-12-21(26)13-11-19)24(30)17-32-16-20-6-5-7-22(27)14-20/h5-7,10-14,18,23H,2-4,8-9,15-17H2,1H3,(H,28,31)/t18-/m1/s1. The van der Waals surface area contributed by atoms with Crippen LogP contribution in [0, 0.1) is 0 Å². The van der Waals surface area contributed by atoms with Gasteiger partial charge in [0.2, 0.25) is 11.8 Å². The van der Waals surface area contributed by atoms with E-state index in [0.29, 0.717) is 23.1 Å². The van der Waals surface area contributed by atoms with Crippen LogP contribution in [0.15, 0.2) is 53.0 Å². The van der Waals surface area contributed by atoms with Crippen molar-refractivity contribution in [1.29, 1.82) is 0 Å². The highest BCUT2D eigenvalue weighted by Crippen LogP contribution is 2.21. The summed E-state index contributed by atoms with van der Waals surface area (Å²) in [6.07, 6.45) is 5.59. The van der Waals surface area contributed by atoms with E-state index in [1.165, 1.54) is 6.42 Å². The topological polar surface area (TPSA) is 49.4 Å². The second-order valence-corrected chi connectivity index (χ2v) is 10.6. The number of nitrogens with zero attached hydrogens (tertiary/aromatic N) is 1. The molecule has 172 valence electrons. The third kappa shape index (κ3) is 7.82. The van der Waals surface area contributed by atoms with Crippen LogP contribution in [0.3, 0.4) is 0 Å². The van der Waals surface area contributed by atoms with Gasteiger partial charge in [-0.3, -0.25) is 9.59 Å². The number of thioether (sulfide) groups is 1. The molecule has 0 radical (unpaired) electrons. The summed E-state index contributed by atoms with van der Waals surface area (Å²) < 4.78 is 0.985. The van der Waals surface area contributed by atoms with E-state index < -0.39 is 6.04 Å². The van der Waals surface area contributed by atoms with Crippen molar-refractivity contribution in [3.8, 4) is 0 Å². The van der Waals surface area contributed by atoms with Crippen LogP contribution < -0.4 is 5.32 Å². The molecule has 0 aliphatic heterocycles. The van der Waals surface area contributed by atoms with Crippen LogP contribution in [0.25, 0.3) is 0 Å². The van der Waals surface area contributed by atoms with E-state index in [-0.39, 0.29) is 17.9 Å². The Morgan fingerprint density at radius 1 is 1.12 bits per heavy atom. The summed E-state index contributed by atoms with van der Waals surface area (Å²) in [5.41, 5.74) is 2.08. The van der Waals surface area contributed by atoms with Crippen molar-refractivity contribution in [3.63, 3.8) is 0 Å². The lowest BCUT2D eigenvalue weighted by Gasteiger charge is -2.31. The van der Waals surface area contributed by atoms with Crippen molar-refractivity contribution in [1.82, 2.24) is 10.2 Å². The van der Waals surface area contributed by atoms with Crippen LogP contribution in [0.1, 0.15) is 50.2 Å². The lowest BCUT2D eigenvalue weighted by Crippen LogP contribution is -2.50. The molecule has 1 saturated carbocycles. The van der Waals surface area contributed by atoms with Crippen LogP contribution in [-0.2, 0) is 21.9 Å². The molecule has 2 aromatic carbocycles. The Morgan fingerprint density at radius 3 is 2.53 bits per heavy atom. The molecule has 32 heavy (non-hydrogen) atoms. The maximum atomic E-state index is 13.2. The van der Waals surface area contributed by atoms with Gasteiger partial charge in [-0.1, -0.05) is 71.1 Å². The Hall–Kier alpha value is -1.50. The summed E-state index contributed by atoms with van der Waals surface area (Å²) in [5.74, 6) is 0.902. The van der Waals surface area contributed by atoms with Crippen molar-refractivity contribution in [3.05, 3.63) is 69.2 Å². The van der Waals surface area contributed by atoms with Crippen molar-refractivity contribution < 1.29 is 9.59 Å². The van der Waals surface area contributed by atoms with E-state index in [0.717, 1.165) is 41.3 Å². The Balaban J connectivity index is 1.64. The first kappa shape index (κ1) is 25.1. The number of rotatable bonds is 9. The zero-order valence-corrected chi connectivity index (χ0v) is 21.5. The van der Waals surface area contributed by atoms with Crippen LogP contribution in [0.2, 0.25) is 5.02 Å². The second kappa shape index (κ2) is 12.7. The third-order valence-corrected chi connectivity index (χ3v) is 7.52. The van der Waals surface area contributed by atoms with E-state index in [1.807, 2.05) is 55.5 Å². The maximum Gasteiger partial charge on any atom is 0.242 e. The lowest BCUT2D eigenvalue weighted by molar-refractivity contribution is -0.139. The molecular formula is C25H30BrClN2O2S. The number of halogens is 2. The molecule has 2 amide bonds. The van der Waals surface area contributed by atoms with Gasteiger partial charge < -0.3 is 10.2 Å². The normalized spacial score (nSPS) is 15.2. The molecule has 2 aromatic rings. The van der Waals surface area contributed by atoms with Gasteiger partial charge in [-0.2, -0.15) is 0 Å². The molecule has 7 heteroatoms. The molecular weight excluding hydrogens is 508 g/mol. The molecule has 0 saturated heterocycles. The summed E-state index contributed by atoms with van der Waals surface area (Å²) in [7, 11) is 0. The molecule has 1 aliphatic rings. The van der Waals surface area contributed by atoms with Crippen LogP contribution in [-0.4, -0.2) is 34.6 Å². The Labute approximate surface area is 208 Å². The monoisotopic (exact) mass is 536 g/mol. The van der Waals surface area contributed by atoms with Crippen molar-refractivity contribution in [2.24, 2.45) is 0 Å². The number of nitrogens with one attached hydrogen (secondary N) is 1. The number of hydrogen-bond donors (Lipinski definition) is 1. The predicted molar refractivity (Wildman–Crippen MR) is 137 cm³/mol. The first-order valence-corrected chi connectivity index (χ1v) is 13.4. The lowest BCUT2D eigenvalue weighted by atomic mass is 9.95. The molecule has 1 atom stereocenters. The van der Waals surface area contributed by atoms with Gasteiger partial charge in [0.25, 0.3) is 0 Å². The summed E-state index contributed by atoms with van der Waals surface area (Å²) >= 11 is 11.1. The minimum Gasteiger partial charge on any atom is -0.352 e. The highest BCUT2D eigenvalue weighted by molar-refractivity contribution is 9.10. The average Bonchev–Trinajstić information content (AvgIpc) is 2.79. The van der Waals surface area contributed by atoms with Gasteiger partial charge in [0.05, 0.1) is 5.75 Å². The van der Waals surface area contributed by atoms with Crippen molar-refractivity contribution >= 4 is 51.1 Å². The maximum absolute atomic E-state index is 13.2. The summed E-state index contributed by atoms with van der Waals surface area (Å²) in [4.78, 5) is 27.9. The predicted octanol–water partition coefficient (Wildman–Crippen LogP) is 6.20. The van der Waals surface area contributed by atoms with Crippen LogP contribution >= 0.6 is 39.3 Å². The first-order chi connectivity index (χ1) is 15.4. The molecule has 0 aromatic heterocycles. The van der Waals surface area contributed by atoms with Gasteiger partial charge in [0, 0.05) is 27.8 Å². The summed E-state index contributed by atoms with van der Waals surface area (Å²) in [6, 6.07) is 15.2. The minimum absolute atomic E-state index is 0.0359. The van der Waals surface area contributed by atoms with Crippen LogP contribution in [0.4, 0.5) is 0 Å². The molecule has 1 aliphatic carbocycles. The average molecular weight is 538 g/mol. The van der Waals surface area contributed by atoms with E-state index >= 15 is 0 Å². The van der Waals surface area contributed by atoms with Gasteiger partial charge >= 0.3 is 0 Å². The first-order valence-electron chi connectivity index (χ1n) is 11.1. The molecule has 4 nitrogen and oxygen atoms in total. The van der Waals surface area contributed by atoms with Gasteiger partial charge in [0.15, 0.2) is 0 Å². The van der Waals surface area contributed by atoms with Gasteiger partial charge in [-0.15, -0.1) is 11.8 Å². The van der Waals surface area contributed by atoms with Gasteiger partial charge in [-0.25, -0.2) is 0 Å². The number of carbonyl (C=O) groups is 2. The molecule has 1 N–H and O–H groups in total. The fraction of sp³-hybridized carbons (Fsp3) is 0.440. The molecule has 0 heterocycles. The second-order valence-electron chi connectivity index (χ2n) is 8.29. The smallest absolute Gasteiger partial charge is 0.242 e. The molecule has 1 fully saturated rings. The fourth-order valence-electron chi connectivity index (χ4n) is 3.90. The molecule has 0 bridgehead atoms. The van der Waals surface area contributed by atoms with E-state index in [9.17, 15) is 9.59 Å². The Kier molecular flexibility index (Phi) is 9.94. The fourth-order valence-corrected chi connectivity index (χ4v) is 5.24.